The molecule has 0 saturated carbocycles. The third kappa shape index (κ3) is 4.80. The fourth-order valence-corrected chi connectivity index (χ4v) is 3.28. The van der Waals surface area contributed by atoms with Crippen LogP contribution in [-0.4, -0.2) is 16.1 Å². The summed E-state index contributed by atoms with van der Waals surface area (Å²) >= 11 is 5.29. The number of carbonyl (C=O) groups excluding carboxylic acids is 1. The normalized spacial score (nSPS) is 11.9. The van der Waals surface area contributed by atoms with Crippen molar-refractivity contribution in [2.24, 2.45) is 0 Å². The zero-order chi connectivity index (χ0) is 20.7. The molecule has 3 rings (SSSR count). The standard InChI is InChI=1S/C23H23N3O2S/c1-17(18-11-5-2-6-12-18)24-22(29)26-25-21(27)23(28,19-13-7-3-8-14-19)20-15-9-4-10-16-20/h2-17,28H,1H3,(H,25,27)(H2,24,26,29). The van der Waals surface area contributed by atoms with Gasteiger partial charge in [-0.2, -0.15) is 0 Å². The van der Waals surface area contributed by atoms with E-state index in [4.69, 9.17) is 12.2 Å². The summed E-state index contributed by atoms with van der Waals surface area (Å²) < 4.78 is 0. The molecule has 0 radical (unpaired) electrons. The van der Waals surface area contributed by atoms with Gasteiger partial charge in [0.15, 0.2) is 10.7 Å². The lowest BCUT2D eigenvalue weighted by Crippen LogP contribution is -2.54. The van der Waals surface area contributed by atoms with Crippen molar-refractivity contribution < 1.29 is 9.90 Å². The summed E-state index contributed by atoms with van der Waals surface area (Å²) in [5, 5.41) is 14.7. The van der Waals surface area contributed by atoms with Gasteiger partial charge in [-0.1, -0.05) is 91.0 Å². The number of amides is 1. The quantitative estimate of drug-likeness (QED) is 0.388. The highest BCUT2D eigenvalue weighted by Crippen LogP contribution is 2.29. The van der Waals surface area contributed by atoms with Gasteiger partial charge in [0.25, 0.3) is 5.91 Å². The lowest BCUT2D eigenvalue weighted by Gasteiger charge is -2.28. The molecule has 1 amide bonds. The monoisotopic (exact) mass is 405 g/mol. The predicted octanol–water partition coefficient (Wildman–Crippen LogP) is 3.18. The number of thiocarbonyl (C=S) groups is 1. The van der Waals surface area contributed by atoms with Crippen molar-refractivity contribution in [2.75, 3.05) is 0 Å². The van der Waals surface area contributed by atoms with E-state index in [0.717, 1.165) is 5.56 Å². The van der Waals surface area contributed by atoms with Crippen LogP contribution in [0.15, 0.2) is 91.0 Å². The summed E-state index contributed by atoms with van der Waals surface area (Å²) in [7, 11) is 0. The molecule has 0 bridgehead atoms. The summed E-state index contributed by atoms with van der Waals surface area (Å²) in [4.78, 5) is 13.0. The van der Waals surface area contributed by atoms with Crippen LogP contribution in [0.5, 0.6) is 0 Å². The van der Waals surface area contributed by atoms with Crippen LogP contribution in [0.1, 0.15) is 29.7 Å². The first-order valence-electron chi connectivity index (χ1n) is 9.27. The van der Waals surface area contributed by atoms with Gasteiger partial charge in [-0.05, 0) is 35.8 Å². The van der Waals surface area contributed by atoms with Gasteiger partial charge in [-0.3, -0.25) is 15.6 Å². The molecule has 0 aliphatic carbocycles. The molecule has 0 aliphatic heterocycles. The number of hydrogen-bond donors (Lipinski definition) is 4. The lowest BCUT2D eigenvalue weighted by molar-refractivity contribution is -0.137. The van der Waals surface area contributed by atoms with Crippen molar-refractivity contribution in [3.8, 4) is 0 Å². The topological polar surface area (TPSA) is 73.4 Å². The van der Waals surface area contributed by atoms with Gasteiger partial charge in [0.1, 0.15) is 0 Å². The summed E-state index contributed by atoms with van der Waals surface area (Å²) in [6.07, 6.45) is 0. The van der Waals surface area contributed by atoms with E-state index in [1.165, 1.54) is 0 Å². The van der Waals surface area contributed by atoms with Crippen molar-refractivity contribution in [1.29, 1.82) is 0 Å². The molecule has 0 aliphatic rings. The molecule has 0 heterocycles. The van der Waals surface area contributed by atoms with Crippen LogP contribution in [0.3, 0.4) is 0 Å². The highest BCUT2D eigenvalue weighted by Gasteiger charge is 2.40. The Morgan fingerprint density at radius 3 is 1.76 bits per heavy atom. The Labute approximate surface area is 175 Å². The van der Waals surface area contributed by atoms with E-state index in [-0.39, 0.29) is 11.2 Å². The Bertz CT molecular complexity index is 910. The summed E-state index contributed by atoms with van der Waals surface area (Å²) in [5.74, 6) is -0.633. The maximum atomic E-state index is 13.0. The molecule has 0 aromatic heterocycles. The third-order valence-corrected chi connectivity index (χ3v) is 4.87. The molecule has 3 aromatic carbocycles. The van der Waals surface area contributed by atoms with Crippen LogP contribution in [0, 0.1) is 0 Å². The molecule has 148 valence electrons. The van der Waals surface area contributed by atoms with Crippen molar-refractivity contribution in [3.63, 3.8) is 0 Å². The maximum Gasteiger partial charge on any atom is 0.279 e. The number of hydrogen-bond acceptors (Lipinski definition) is 3. The molecule has 0 saturated heterocycles. The number of benzene rings is 3. The second-order valence-corrected chi connectivity index (χ2v) is 7.04. The molecule has 0 fully saturated rings. The van der Waals surface area contributed by atoms with Crippen molar-refractivity contribution in [1.82, 2.24) is 16.2 Å². The smallest absolute Gasteiger partial charge is 0.279 e. The molecule has 1 atom stereocenters. The zero-order valence-corrected chi connectivity index (χ0v) is 16.8. The Kier molecular flexibility index (Phi) is 6.59. The molecule has 1 unspecified atom stereocenters. The molecule has 3 aromatic rings. The average molecular weight is 406 g/mol. The van der Waals surface area contributed by atoms with Crippen LogP contribution >= 0.6 is 12.2 Å². The average Bonchev–Trinajstić information content (AvgIpc) is 2.78. The number of hydrazine groups is 1. The lowest BCUT2D eigenvalue weighted by atomic mass is 9.85. The number of carbonyl (C=O) groups is 1. The van der Waals surface area contributed by atoms with Crippen LogP contribution in [0.2, 0.25) is 0 Å². The van der Waals surface area contributed by atoms with Gasteiger partial charge in [-0.15, -0.1) is 0 Å². The molecule has 4 N–H and O–H groups in total. The van der Waals surface area contributed by atoms with Gasteiger partial charge in [0.05, 0.1) is 6.04 Å². The molecule has 29 heavy (non-hydrogen) atoms. The van der Waals surface area contributed by atoms with E-state index in [9.17, 15) is 9.90 Å². The van der Waals surface area contributed by atoms with Crippen LogP contribution in [0.4, 0.5) is 0 Å². The van der Waals surface area contributed by atoms with E-state index < -0.39 is 11.5 Å². The Morgan fingerprint density at radius 1 is 0.828 bits per heavy atom. The van der Waals surface area contributed by atoms with E-state index in [0.29, 0.717) is 11.1 Å². The first-order valence-corrected chi connectivity index (χ1v) is 9.68. The van der Waals surface area contributed by atoms with E-state index >= 15 is 0 Å². The van der Waals surface area contributed by atoms with Gasteiger partial charge >= 0.3 is 0 Å². The predicted molar refractivity (Wildman–Crippen MR) is 118 cm³/mol. The molecule has 5 nitrogen and oxygen atoms in total. The first-order chi connectivity index (χ1) is 14.0. The zero-order valence-electron chi connectivity index (χ0n) is 16.0. The van der Waals surface area contributed by atoms with E-state index in [2.05, 4.69) is 16.2 Å². The van der Waals surface area contributed by atoms with Crippen LogP contribution < -0.4 is 16.2 Å². The maximum absolute atomic E-state index is 13.0. The van der Waals surface area contributed by atoms with Crippen molar-refractivity contribution in [3.05, 3.63) is 108 Å². The second-order valence-electron chi connectivity index (χ2n) is 6.63. The van der Waals surface area contributed by atoms with Gasteiger partial charge in [0, 0.05) is 0 Å². The van der Waals surface area contributed by atoms with Crippen LogP contribution in [-0.2, 0) is 10.4 Å². The third-order valence-electron chi connectivity index (χ3n) is 4.65. The van der Waals surface area contributed by atoms with Gasteiger partial charge < -0.3 is 10.4 Å². The van der Waals surface area contributed by atoms with Crippen molar-refractivity contribution in [2.45, 2.75) is 18.6 Å². The summed E-state index contributed by atoms with van der Waals surface area (Å²) in [5.41, 5.74) is 5.34. The number of rotatable bonds is 5. The highest BCUT2D eigenvalue weighted by atomic mass is 32.1. The fraction of sp³-hybridized carbons (Fsp3) is 0.130. The minimum absolute atomic E-state index is 0.0461. The van der Waals surface area contributed by atoms with E-state index in [1.807, 2.05) is 49.4 Å². The highest BCUT2D eigenvalue weighted by molar-refractivity contribution is 7.80. The SMILES string of the molecule is CC(NC(=S)NNC(=O)C(O)(c1ccccc1)c1ccccc1)c1ccccc1. The molecule has 0 spiro atoms. The largest absolute Gasteiger partial charge is 0.372 e. The molecular formula is C23H23N3O2S. The first kappa shape index (κ1) is 20.5. The van der Waals surface area contributed by atoms with Crippen LogP contribution in [0.25, 0.3) is 0 Å². The number of aliphatic hydroxyl groups is 1. The van der Waals surface area contributed by atoms with E-state index in [1.54, 1.807) is 48.5 Å². The fourth-order valence-electron chi connectivity index (χ4n) is 3.05. The second kappa shape index (κ2) is 9.32. The van der Waals surface area contributed by atoms with Crippen molar-refractivity contribution >= 4 is 23.2 Å². The summed E-state index contributed by atoms with van der Waals surface area (Å²) in [6, 6.07) is 27.4. The van der Waals surface area contributed by atoms with Gasteiger partial charge in [-0.25, -0.2) is 0 Å². The molecule has 6 heteroatoms. The Morgan fingerprint density at radius 2 is 1.28 bits per heavy atom. The number of nitrogens with one attached hydrogen (secondary N) is 3. The molecular weight excluding hydrogens is 382 g/mol. The minimum atomic E-state index is -1.86. The minimum Gasteiger partial charge on any atom is -0.372 e. The Balaban J connectivity index is 1.72. The summed E-state index contributed by atoms with van der Waals surface area (Å²) in [6.45, 7) is 1.97. The Hall–Kier alpha value is -3.22. The van der Waals surface area contributed by atoms with Gasteiger partial charge in [0.2, 0.25) is 0 Å².